The van der Waals surface area contributed by atoms with Crippen molar-refractivity contribution in [2.75, 3.05) is 6.79 Å². The molecule has 4 nitrogen and oxygen atoms in total. The van der Waals surface area contributed by atoms with Crippen molar-refractivity contribution in [2.24, 2.45) is 0 Å². The number of ether oxygens (including phenoxy) is 2. The zero-order valence-corrected chi connectivity index (χ0v) is 13.5. The Labute approximate surface area is 127 Å². The first kappa shape index (κ1) is 14.7. The number of piperidine rings is 1. The van der Waals surface area contributed by atoms with Crippen molar-refractivity contribution in [1.82, 2.24) is 10.6 Å². The first-order valence-electron chi connectivity index (χ1n) is 7.74. The number of hydrogen-bond donors (Lipinski definition) is 2. The second-order valence-electron chi connectivity index (χ2n) is 7.57. The number of rotatable bonds is 3. The lowest BCUT2D eigenvalue weighted by Crippen LogP contribution is -2.61. The third kappa shape index (κ3) is 3.50. The van der Waals surface area contributed by atoms with E-state index in [4.69, 9.17) is 9.47 Å². The van der Waals surface area contributed by atoms with E-state index in [1.54, 1.807) is 0 Å². The Morgan fingerprint density at radius 1 is 1.10 bits per heavy atom. The lowest BCUT2D eigenvalue weighted by atomic mass is 9.79. The molecule has 0 atom stereocenters. The zero-order valence-electron chi connectivity index (χ0n) is 13.5. The summed E-state index contributed by atoms with van der Waals surface area (Å²) in [4.78, 5) is 0. The van der Waals surface area contributed by atoms with E-state index in [0.717, 1.165) is 30.9 Å². The first-order valence-corrected chi connectivity index (χ1v) is 7.74. The summed E-state index contributed by atoms with van der Waals surface area (Å²) in [6.45, 7) is 10.3. The van der Waals surface area contributed by atoms with E-state index in [9.17, 15) is 0 Å². The topological polar surface area (TPSA) is 42.5 Å². The van der Waals surface area contributed by atoms with E-state index < -0.39 is 0 Å². The van der Waals surface area contributed by atoms with Gasteiger partial charge in [-0.1, -0.05) is 6.07 Å². The van der Waals surface area contributed by atoms with E-state index in [2.05, 4.69) is 50.5 Å². The largest absolute Gasteiger partial charge is 0.454 e. The molecule has 1 aromatic rings. The molecule has 4 heteroatoms. The molecule has 2 heterocycles. The minimum Gasteiger partial charge on any atom is -0.454 e. The fourth-order valence-corrected chi connectivity index (χ4v) is 3.78. The molecule has 21 heavy (non-hydrogen) atoms. The highest BCUT2D eigenvalue weighted by molar-refractivity contribution is 5.44. The maximum absolute atomic E-state index is 5.44. The van der Waals surface area contributed by atoms with Crippen LogP contribution in [-0.4, -0.2) is 23.9 Å². The average molecular weight is 290 g/mol. The van der Waals surface area contributed by atoms with Crippen LogP contribution in [0.3, 0.4) is 0 Å². The summed E-state index contributed by atoms with van der Waals surface area (Å²) >= 11 is 0. The zero-order chi connectivity index (χ0) is 15.1. The number of nitrogens with one attached hydrogen (secondary N) is 2. The monoisotopic (exact) mass is 290 g/mol. The lowest BCUT2D eigenvalue weighted by molar-refractivity contribution is 0.145. The standard InChI is InChI=1S/C17H26N2O2/c1-16(2)8-13(9-17(3,4)19-16)18-10-12-5-6-14-15(7-12)21-11-20-14/h5-7,13,18-19H,8-11H2,1-4H3. The minimum absolute atomic E-state index is 0.175. The second-order valence-corrected chi connectivity index (χ2v) is 7.57. The quantitative estimate of drug-likeness (QED) is 0.898. The van der Waals surface area contributed by atoms with Crippen LogP contribution >= 0.6 is 0 Å². The summed E-state index contributed by atoms with van der Waals surface area (Å²) in [5.74, 6) is 1.71. The third-order valence-corrected chi connectivity index (χ3v) is 4.22. The number of benzene rings is 1. The van der Waals surface area contributed by atoms with Crippen molar-refractivity contribution in [2.45, 2.75) is 64.2 Å². The van der Waals surface area contributed by atoms with Crippen LogP contribution in [0, 0.1) is 0 Å². The summed E-state index contributed by atoms with van der Waals surface area (Å²) in [6, 6.07) is 6.71. The van der Waals surface area contributed by atoms with E-state index in [-0.39, 0.29) is 11.1 Å². The van der Waals surface area contributed by atoms with Gasteiger partial charge in [-0.25, -0.2) is 0 Å². The molecule has 0 radical (unpaired) electrons. The molecule has 0 spiro atoms. The van der Waals surface area contributed by atoms with Crippen molar-refractivity contribution < 1.29 is 9.47 Å². The van der Waals surface area contributed by atoms with Gasteiger partial charge in [0.25, 0.3) is 0 Å². The van der Waals surface area contributed by atoms with Crippen molar-refractivity contribution in [3.63, 3.8) is 0 Å². The van der Waals surface area contributed by atoms with Crippen molar-refractivity contribution in [3.05, 3.63) is 23.8 Å². The van der Waals surface area contributed by atoms with Gasteiger partial charge in [-0.05, 0) is 58.2 Å². The van der Waals surface area contributed by atoms with Crippen LogP contribution in [-0.2, 0) is 6.54 Å². The van der Waals surface area contributed by atoms with Gasteiger partial charge in [-0.2, -0.15) is 0 Å². The van der Waals surface area contributed by atoms with Crippen LogP contribution in [0.25, 0.3) is 0 Å². The smallest absolute Gasteiger partial charge is 0.231 e. The minimum atomic E-state index is 0.175. The van der Waals surface area contributed by atoms with Gasteiger partial charge < -0.3 is 20.1 Å². The SMILES string of the molecule is CC1(C)CC(NCc2ccc3c(c2)OCO3)CC(C)(C)N1. The highest BCUT2D eigenvalue weighted by Crippen LogP contribution is 2.33. The van der Waals surface area contributed by atoms with E-state index in [0.29, 0.717) is 12.8 Å². The highest BCUT2D eigenvalue weighted by atomic mass is 16.7. The summed E-state index contributed by atoms with van der Waals surface area (Å²) in [5.41, 5.74) is 1.59. The molecule has 0 amide bonds. The van der Waals surface area contributed by atoms with Crippen LogP contribution in [0.1, 0.15) is 46.1 Å². The molecule has 116 valence electrons. The van der Waals surface area contributed by atoms with E-state index in [1.807, 2.05) is 6.07 Å². The van der Waals surface area contributed by atoms with Gasteiger partial charge in [0.2, 0.25) is 6.79 Å². The third-order valence-electron chi connectivity index (χ3n) is 4.22. The molecule has 3 rings (SSSR count). The Bertz CT molecular complexity index is 510. The molecular formula is C17H26N2O2. The maximum atomic E-state index is 5.44. The predicted molar refractivity (Wildman–Crippen MR) is 83.7 cm³/mol. The molecule has 0 aromatic heterocycles. The summed E-state index contributed by atoms with van der Waals surface area (Å²) in [7, 11) is 0. The molecule has 2 N–H and O–H groups in total. The summed E-state index contributed by atoms with van der Waals surface area (Å²) < 4.78 is 10.8. The molecular weight excluding hydrogens is 264 g/mol. The van der Waals surface area contributed by atoms with Crippen LogP contribution in [0.15, 0.2) is 18.2 Å². The van der Waals surface area contributed by atoms with Gasteiger partial charge in [-0.3, -0.25) is 0 Å². The molecule has 0 saturated carbocycles. The van der Waals surface area contributed by atoms with Gasteiger partial charge in [0.1, 0.15) is 0 Å². The fourth-order valence-electron chi connectivity index (χ4n) is 3.78. The molecule has 0 unspecified atom stereocenters. The van der Waals surface area contributed by atoms with Gasteiger partial charge >= 0.3 is 0 Å². The molecule has 1 aromatic carbocycles. The fraction of sp³-hybridized carbons (Fsp3) is 0.647. The van der Waals surface area contributed by atoms with Gasteiger partial charge in [-0.15, -0.1) is 0 Å². The molecule has 2 aliphatic rings. The van der Waals surface area contributed by atoms with Crippen LogP contribution in [0.5, 0.6) is 11.5 Å². The molecule has 0 bridgehead atoms. The van der Waals surface area contributed by atoms with Gasteiger partial charge in [0.05, 0.1) is 0 Å². The van der Waals surface area contributed by atoms with Crippen molar-refractivity contribution in [1.29, 1.82) is 0 Å². The van der Waals surface area contributed by atoms with Crippen LogP contribution in [0.4, 0.5) is 0 Å². The Balaban J connectivity index is 1.62. The lowest BCUT2D eigenvalue weighted by Gasteiger charge is -2.46. The Morgan fingerprint density at radius 3 is 2.48 bits per heavy atom. The Hall–Kier alpha value is -1.26. The van der Waals surface area contributed by atoms with Gasteiger partial charge in [0, 0.05) is 23.7 Å². The number of fused-ring (bicyclic) bond motifs is 1. The van der Waals surface area contributed by atoms with Crippen molar-refractivity contribution in [3.8, 4) is 11.5 Å². The Kier molecular flexibility index (Phi) is 3.62. The average Bonchev–Trinajstić information content (AvgIpc) is 2.79. The Morgan fingerprint density at radius 2 is 1.76 bits per heavy atom. The molecule has 1 fully saturated rings. The van der Waals surface area contributed by atoms with Crippen molar-refractivity contribution >= 4 is 0 Å². The molecule has 0 aliphatic carbocycles. The highest BCUT2D eigenvalue weighted by Gasteiger charge is 2.37. The molecule has 1 saturated heterocycles. The van der Waals surface area contributed by atoms with Crippen LogP contribution < -0.4 is 20.1 Å². The summed E-state index contributed by atoms with van der Waals surface area (Å²) in [5, 5.41) is 7.42. The molecule has 2 aliphatic heterocycles. The normalized spacial score (nSPS) is 23.2. The van der Waals surface area contributed by atoms with E-state index in [1.165, 1.54) is 5.56 Å². The predicted octanol–water partition coefficient (Wildman–Crippen LogP) is 2.81. The summed E-state index contributed by atoms with van der Waals surface area (Å²) in [6.07, 6.45) is 2.28. The second kappa shape index (κ2) is 5.18. The van der Waals surface area contributed by atoms with Gasteiger partial charge in [0.15, 0.2) is 11.5 Å². The van der Waals surface area contributed by atoms with Crippen LogP contribution in [0.2, 0.25) is 0 Å². The maximum Gasteiger partial charge on any atom is 0.231 e. The van der Waals surface area contributed by atoms with E-state index >= 15 is 0 Å². The first-order chi connectivity index (χ1) is 9.83. The number of hydrogen-bond acceptors (Lipinski definition) is 4.